The second-order valence-corrected chi connectivity index (χ2v) is 3.96. The summed E-state index contributed by atoms with van der Waals surface area (Å²) in [7, 11) is 1.99. The third-order valence-electron chi connectivity index (χ3n) is 1.93. The van der Waals surface area contributed by atoms with Gasteiger partial charge in [0.2, 0.25) is 0 Å². The highest BCUT2D eigenvalue weighted by Gasteiger charge is 2.05. The molecule has 0 radical (unpaired) electrons. The third-order valence-corrected chi connectivity index (χ3v) is 3.20. The van der Waals surface area contributed by atoms with Crippen LogP contribution in [0.15, 0.2) is 28.9 Å². The van der Waals surface area contributed by atoms with Gasteiger partial charge in [-0.3, -0.25) is 0 Å². The van der Waals surface area contributed by atoms with E-state index in [4.69, 9.17) is 11.6 Å². The number of aromatic nitrogens is 1. The van der Waals surface area contributed by atoms with Gasteiger partial charge in [0.15, 0.2) is 0 Å². The molecule has 0 aliphatic carbocycles. The van der Waals surface area contributed by atoms with Crippen LogP contribution in [0.25, 0.3) is 10.9 Å². The van der Waals surface area contributed by atoms with Gasteiger partial charge in [-0.05, 0) is 28.1 Å². The molecule has 0 atom stereocenters. The molecule has 0 fully saturated rings. The topological polar surface area (TPSA) is 4.93 Å². The van der Waals surface area contributed by atoms with Gasteiger partial charge in [0.1, 0.15) is 0 Å². The van der Waals surface area contributed by atoms with Crippen molar-refractivity contribution in [2.45, 2.75) is 0 Å². The van der Waals surface area contributed by atoms with E-state index in [2.05, 4.69) is 15.9 Å². The molecular weight excluding hydrogens is 237 g/mol. The van der Waals surface area contributed by atoms with Gasteiger partial charge in [-0.1, -0.05) is 17.7 Å². The summed E-state index contributed by atoms with van der Waals surface area (Å²) in [4.78, 5) is 0. The second-order valence-electron chi connectivity index (χ2n) is 2.73. The van der Waals surface area contributed by atoms with Gasteiger partial charge >= 0.3 is 0 Å². The molecule has 0 spiro atoms. The smallest absolute Gasteiger partial charge is 0.0790 e. The predicted molar refractivity (Wildman–Crippen MR) is 55.6 cm³/mol. The second kappa shape index (κ2) is 2.79. The molecule has 0 N–H and O–H groups in total. The van der Waals surface area contributed by atoms with Crippen LogP contribution in [-0.2, 0) is 7.05 Å². The van der Waals surface area contributed by atoms with E-state index < -0.39 is 0 Å². The average molecular weight is 245 g/mol. The van der Waals surface area contributed by atoms with Gasteiger partial charge in [0.05, 0.1) is 10.5 Å². The summed E-state index contributed by atoms with van der Waals surface area (Å²) in [5, 5.41) is 1.95. The van der Waals surface area contributed by atoms with E-state index in [0.29, 0.717) is 0 Å². The molecule has 0 saturated heterocycles. The largest absolute Gasteiger partial charge is 0.349 e. The van der Waals surface area contributed by atoms with Gasteiger partial charge in [0.25, 0.3) is 0 Å². The maximum absolute atomic E-state index is 6.10. The Morgan fingerprint density at radius 2 is 2.08 bits per heavy atom. The Kier molecular flexibility index (Phi) is 1.89. The van der Waals surface area contributed by atoms with Crippen LogP contribution >= 0.6 is 27.5 Å². The maximum Gasteiger partial charge on any atom is 0.0790 e. The highest BCUT2D eigenvalue weighted by Crippen LogP contribution is 2.30. The van der Waals surface area contributed by atoms with Crippen LogP contribution in [0.5, 0.6) is 0 Å². The monoisotopic (exact) mass is 243 g/mol. The van der Waals surface area contributed by atoms with E-state index in [1.165, 1.54) is 5.39 Å². The van der Waals surface area contributed by atoms with E-state index in [0.717, 1.165) is 15.0 Å². The number of hydrogen-bond acceptors (Lipinski definition) is 0. The summed E-state index contributed by atoms with van der Waals surface area (Å²) in [6.45, 7) is 0. The average Bonchev–Trinajstić information content (AvgIpc) is 2.41. The molecule has 0 amide bonds. The molecule has 0 unspecified atom stereocenters. The first-order chi connectivity index (χ1) is 5.70. The normalized spacial score (nSPS) is 10.9. The molecule has 12 heavy (non-hydrogen) atoms. The van der Waals surface area contributed by atoms with Crippen LogP contribution in [-0.4, -0.2) is 4.57 Å². The highest BCUT2D eigenvalue weighted by atomic mass is 79.9. The summed E-state index contributed by atoms with van der Waals surface area (Å²) in [6, 6.07) is 6.06. The van der Waals surface area contributed by atoms with Crippen molar-refractivity contribution in [1.29, 1.82) is 0 Å². The molecule has 1 heterocycles. The molecular formula is C9H7BrClN. The first-order valence-electron chi connectivity index (χ1n) is 3.59. The minimum atomic E-state index is 0.778. The molecule has 1 nitrogen and oxygen atoms in total. The van der Waals surface area contributed by atoms with Gasteiger partial charge in [-0.15, -0.1) is 0 Å². The van der Waals surface area contributed by atoms with Gasteiger partial charge in [-0.2, -0.15) is 0 Å². The number of benzene rings is 1. The Morgan fingerprint density at radius 1 is 1.33 bits per heavy atom. The first-order valence-corrected chi connectivity index (χ1v) is 4.76. The fourth-order valence-electron chi connectivity index (χ4n) is 1.31. The minimum Gasteiger partial charge on any atom is -0.349 e. The molecule has 2 rings (SSSR count). The minimum absolute atomic E-state index is 0.778. The lowest BCUT2D eigenvalue weighted by Gasteiger charge is -2.00. The molecule has 3 heteroatoms. The van der Waals surface area contributed by atoms with Crippen LogP contribution in [0.2, 0.25) is 5.02 Å². The molecule has 2 aromatic rings. The number of fused-ring (bicyclic) bond motifs is 1. The third kappa shape index (κ3) is 1.06. The SMILES string of the molecule is Cn1ccc2ccc(Br)c(Cl)c21. The predicted octanol–water partition coefficient (Wildman–Crippen LogP) is 3.59. The number of nitrogens with zero attached hydrogens (tertiary/aromatic N) is 1. The van der Waals surface area contributed by atoms with E-state index >= 15 is 0 Å². The number of halogens is 2. The number of hydrogen-bond donors (Lipinski definition) is 0. The Hall–Kier alpha value is -0.470. The molecule has 0 bridgehead atoms. The quantitative estimate of drug-likeness (QED) is 0.667. The zero-order valence-corrected chi connectivity index (χ0v) is 8.85. The Balaban J connectivity index is 2.96. The summed E-state index contributed by atoms with van der Waals surface area (Å²) in [6.07, 6.45) is 2.00. The van der Waals surface area contributed by atoms with E-state index in [1.807, 2.05) is 36.0 Å². The van der Waals surface area contributed by atoms with Crippen molar-refractivity contribution >= 4 is 38.4 Å². The number of aryl methyl sites for hydroxylation is 1. The van der Waals surface area contributed by atoms with E-state index in [9.17, 15) is 0 Å². The van der Waals surface area contributed by atoms with Crippen molar-refractivity contribution in [2.75, 3.05) is 0 Å². The van der Waals surface area contributed by atoms with Crippen LogP contribution in [0.3, 0.4) is 0 Å². The summed E-state index contributed by atoms with van der Waals surface area (Å²) in [5.74, 6) is 0. The van der Waals surface area contributed by atoms with E-state index in [-0.39, 0.29) is 0 Å². The fraction of sp³-hybridized carbons (Fsp3) is 0.111. The van der Waals surface area contributed by atoms with Crippen LogP contribution in [0, 0.1) is 0 Å². The Morgan fingerprint density at radius 3 is 2.83 bits per heavy atom. The van der Waals surface area contributed by atoms with E-state index in [1.54, 1.807) is 0 Å². The lowest BCUT2D eigenvalue weighted by atomic mass is 10.2. The van der Waals surface area contributed by atoms with Crippen LogP contribution < -0.4 is 0 Å². The molecule has 0 aliphatic heterocycles. The van der Waals surface area contributed by atoms with Crippen molar-refractivity contribution in [1.82, 2.24) is 4.57 Å². The zero-order chi connectivity index (χ0) is 8.72. The number of rotatable bonds is 0. The summed E-state index contributed by atoms with van der Waals surface area (Å²) >= 11 is 9.49. The lowest BCUT2D eigenvalue weighted by molar-refractivity contribution is 0.969. The van der Waals surface area contributed by atoms with Gasteiger partial charge in [0, 0.05) is 23.1 Å². The first kappa shape index (κ1) is 8.14. The molecule has 1 aromatic heterocycles. The Bertz CT molecular complexity index is 433. The molecule has 62 valence electrons. The van der Waals surface area contributed by atoms with Crippen molar-refractivity contribution in [2.24, 2.45) is 7.05 Å². The molecule has 1 aromatic carbocycles. The van der Waals surface area contributed by atoms with Gasteiger partial charge in [-0.25, -0.2) is 0 Å². The van der Waals surface area contributed by atoms with Crippen LogP contribution in [0.1, 0.15) is 0 Å². The fourth-order valence-corrected chi connectivity index (χ4v) is 1.94. The molecule has 0 aliphatic rings. The van der Waals surface area contributed by atoms with Crippen LogP contribution in [0.4, 0.5) is 0 Å². The van der Waals surface area contributed by atoms with Crippen molar-refractivity contribution in [3.05, 3.63) is 33.9 Å². The van der Waals surface area contributed by atoms with Crippen molar-refractivity contribution in [3.8, 4) is 0 Å². The highest BCUT2D eigenvalue weighted by molar-refractivity contribution is 9.10. The summed E-state index contributed by atoms with van der Waals surface area (Å²) < 4.78 is 2.96. The van der Waals surface area contributed by atoms with Crippen molar-refractivity contribution < 1.29 is 0 Å². The Labute approximate surface area is 84.1 Å². The van der Waals surface area contributed by atoms with Gasteiger partial charge < -0.3 is 4.57 Å². The lowest BCUT2D eigenvalue weighted by Crippen LogP contribution is -1.84. The van der Waals surface area contributed by atoms with Crippen molar-refractivity contribution in [3.63, 3.8) is 0 Å². The zero-order valence-electron chi connectivity index (χ0n) is 6.51. The molecule has 0 saturated carbocycles. The summed E-state index contributed by atoms with van der Waals surface area (Å²) in [5.41, 5.74) is 1.08. The standard InChI is InChI=1S/C9H7BrClN/c1-12-5-4-6-2-3-7(10)8(11)9(6)12/h2-5H,1H3. The maximum atomic E-state index is 6.10.